The van der Waals surface area contributed by atoms with Crippen molar-refractivity contribution in [3.05, 3.63) is 72.2 Å². The highest BCUT2D eigenvalue weighted by Crippen LogP contribution is 2.48. The molecule has 6 rings (SSSR count). The van der Waals surface area contributed by atoms with Gasteiger partial charge in [-0.3, -0.25) is 19.1 Å². The number of benzene rings is 2. The Morgan fingerprint density at radius 2 is 1.84 bits per heavy atom. The molecule has 1 saturated carbocycles. The molecule has 2 aliphatic rings. The molecule has 1 N–H and O–H groups in total. The lowest BCUT2D eigenvalue weighted by molar-refractivity contribution is -0.275. The van der Waals surface area contributed by atoms with Crippen LogP contribution in [-0.2, 0) is 22.7 Å². The molecule has 0 bridgehead atoms. The van der Waals surface area contributed by atoms with Crippen LogP contribution in [-0.4, -0.2) is 60.7 Å². The number of nitrogens with zero attached hydrogens (tertiary/aromatic N) is 5. The van der Waals surface area contributed by atoms with E-state index in [-0.39, 0.29) is 36.6 Å². The average molecular weight is 613 g/mol. The first kappa shape index (κ1) is 29.0. The van der Waals surface area contributed by atoms with Crippen LogP contribution in [0.2, 0.25) is 0 Å². The number of hydrogen-bond acceptors (Lipinski definition) is 8. The van der Waals surface area contributed by atoms with Gasteiger partial charge in [-0.2, -0.15) is 5.10 Å². The number of hydrogen-bond donors (Lipinski definition) is 1. The third kappa shape index (κ3) is 5.89. The van der Waals surface area contributed by atoms with Crippen molar-refractivity contribution in [3.8, 4) is 11.5 Å². The molecule has 228 valence electrons. The Bertz CT molecular complexity index is 1760. The van der Waals surface area contributed by atoms with Crippen molar-refractivity contribution in [2.75, 3.05) is 5.32 Å². The molecule has 0 radical (unpaired) electrons. The first-order valence-corrected chi connectivity index (χ1v) is 13.5. The summed E-state index contributed by atoms with van der Waals surface area (Å²) in [5, 5.41) is 7.14. The standard InChI is InChI=1S/C29H24F4N6O5/c1-15(40)27-18-12-17(43-14-24-34-8-3-9-35-24)6-7-20(18)38(37-27)13-25(41)39-21-10-16(21)11-22(39)28(42)36-19-4-2-5-23(26(19)30)44-29(31,32)33/h2-9,12,16,21-22H,10-11,13-14H2,1H3,(H,36,42)/t16-,21-,22+/m1/s1. The van der Waals surface area contributed by atoms with E-state index in [9.17, 15) is 31.9 Å². The summed E-state index contributed by atoms with van der Waals surface area (Å²) in [4.78, 5) is 48.8. The summed E-state index contributed by atoms with van der Waals surface area (Å²) < 4.78 is 63.4. The number of fused-ring (bicyclic) bond motifs is 2. The SMILES string of the molecule is CC(=O)c1nn(CC(=O)N2[C@@H]3C[C@@H]3C[C@H]2C(=O)Nc2cccc(OC(F)(F)F)c2F)c2ccc(OCc3ncccn3)cc12. The Morgan fingerprint density at radius 1 is 1.07 bits per heavy atom. The molecule has 2 fully saturated rings. The minimum absolute atomic E-state index is 0.0647. The number of rotatable bonds is 9. The maximum atomic E-state index is 14.7. The first-order chi connectivity index (χ1) is 21.0. The zero-order valence-corrected chi connectivity index (χ0v) is 23.0. The minimum atomic E-state index is -5.12. The van der Waals surface area contributed by atoms with E-state index < -0.39 is 41.5 Å². The molecule has 1 aliphatic heterocycles. The number of ketones is 1. The zero-order chi connectivity index (χ0) is 31.2. The van der Waals surface area contributed by atoms with Crippen LogP contribution in [0.1, 0.15) is 36.1 Å². The van der Waals surface area contributed by atoms with Gasteiger partial charge >= 0.3 is 6.36 Å². The van der Waals surface area contributed by atoms with Gasteiger partial charge in [0.15, 0.2) is 23.2 Å². The van der Waals surface area contributed by atoms with E-state index in [1.807, 2.05) is 0 Å². The predicted octanol–water partition coefficient (Wildman–Crippen LogP) is 4.27. The molecule has 2 aromatic carbocycles. The second kappa shape index (κ2) is 11.2. The van der Waals surface area contributed by atoms with E-state index in [1.165, 1.54) is 16.5 Å². The Labute approximate surface area is 246 Å². The lowest BCUT2D eigenvalue weighted by atomic mass is 10.1. The predicted molar refractivity (Wildman–Crippen MR) is 145 cm³/mol. The van der Waals surface area contributed by atoms with E-state index in [4.69, 9.17) is 4.74 Å². The van der Waals surface area contributed by atoms with E-state index in [0.717, 1.165) is 18.2 Å². The van der Waals surface area contributed by atoms with Crippen LogP contribution in [0.25, 0.3) is 10.9 Å². The van der Waals surface area contributed by atoms with E-state index in [1.54, 1.807) is 36.7 Å². The number of carbonyl (C=O) groups is 3. The fraction of sp³-hybridized carbons (Fsp3) is 0.310. The van der Waals surface area contributed by atoms with Gasteiger partial charge < -0.3 is 19.7 Å². The number of ether oxygens (including phenoxy) is 2. The van der Waals surface area contributed by atoms with Crippen LogP contribution in [0.5, 0.6) is 11.5 Å². The number of likely N-dealkylation sites (tertiary alicyclic amines) is 1. The van der Waals surface area contributed by atoms with Crippen LogP contribution in [0, 0.1) is 11.7 Å². The lowest BCUT2D eigenvalue weighted by Crippen LogP contribution is -2.46. The molecule has 1 aliphatic carbocycles. The first-order valence-electron chi connectivity index (χ1n) is 13.5. The highest BCUT2D eigenvalue weighted by molar-refractivity contribution is 6.05. The normalized spacial score (nSPS) is 19.0. The van der Waals surface area contributed by atoms with Gasteiger partial charge in [-0.1, -0.05) is 6.07 Å². The molecule has 0 spiro atoms. The fourth-order valence-corrected chi connectivity index (χ4v) is 5.47. The number of aromatic nitrogens is 4. The van der Waals surface area contributed by atoms with E-state index >= 15 is 0 Å². The maximum Gasteiger partial charge on any atom is 0.573 e. The van der Waals surface area contributed by atoms with Gasteiger partial charge in [-0.25, -0.2) is 14.4 Å². The second-order valence-electron chi connectivity index (χ2n) is 10.5. The molecular formula is C29H24F4N6O5. The van der Waals surface area contributed by atoms with Gasteiger partial charge in [0.05, 0.1) is 11.2 Å². The summed E-state index contributed by atoms with van der Waals surface area (Å²) >= 11 is 0. The summed E-state index contributed by atoms with van der Waals surface area (Å²) in [6.45, 7) is 1.15. The number of carbonyl (C=O) groups excluding carboxylic acids is 3. The largest absolute Gasteiger partial charge is 0.573 e. The van der Waals surface area contributed by atoms with E-state index in [2.05, 4.69) is 25.1 Å². The molecule has 0 unspecified atom stereocenters. The summed E-state index contributed by atoms with van der Waals surface area (Å²) in [6, 6.07) is 8.44. The number of nitrogens with one attached hydrogen (secondary N) is 1. The molecule has 3 atom stereocenters. The van der Waals surface area contributed by atoms with Gasteiger partial charge in [0, 0.05) is 30.7 Å². The lowest BCUT2D eigenvalue weighted by Gasteiger charge is -2.27. The Morgan fingerprint density at radius 3 is 2.57 bits per heavy atom. The molecule has 11 nitrogen and oxygen atoms in total. The van der Waals surface area contributed by atoms with Crippen LogP contribution in [0.15, 0.2) is 54.9 Å². The zero-order valence-electron chi connectivity index (χ0n) is 23.0. The van der Waals surface area contributed by atoms with Gasteiger partial charge in [0.2, 0.25) is 11.8 Å². The summed E-state index contributed by atoms with van der Waals surface area (Å²) in [5.74, 6) is -3.04. The molecule has 2 amide bonds. The van der Waals surface area contributed by atoms with Crippen LogP contribution in [0.3, 0.4) is 0 Å². The van der Waals surface area contributed by atoms with Crippen molar-refractivity contribution in [2.24, 2.45) is 5.92 Å². The Balaban J connectivity index is 1.19. The highest BCUT2D eigenvalue weighted by Gasteiger charge is 2.56. The smallest absolute Gasteiger partial charge is 0.486 e. The number of halogens is 4. The van der Waals surface area contributed by atoms with Gasteiger partial charge in [0.1, 0.15) is 30.6 Å². The molecule has 4 aromatic rings. The van der Waals surface area contributed by atoms with Crippen LogP contribution in [0.4, 0.5) is 23.2 Å². The third-order valence-corrected chi connectivity index (χ3v) is 7.47. The van der Waals surface area contributed by atoms with Crippen molar-refractivity contribution in [1.82, 2.24) is 24.6 Å². The summed E-state index contributed by atoms with van der Waals surface area (Å²) in [7, 11) is 0. The number of anilines is 1. The third-order valence-electron chi connectivity index (χ3n) is 7.47. The van der Waals surface area contributed by atoms with Crippen molar-refractivity contribution < 1.29 is 41.4 Å². The number of Topliss-reactive ketones (excluding diaryl/α,β-unsaturated/α-hetero) is 1. The maximum absolute atomic E-state index is 14.7. The highest BCUT2D eigenvalue weighted by atomic mass is 19.4. The average Bonchev–Trinajstić information content (AvgIpc) is 3.49. The van der Waals surface area contributed by atoms with Crippen LogP contribution >= 0.6 is 0 Å². The fourth-order valence-electron chi connectivity index (χ4n) is 5.47. The summed E-state index contributed by atoms with van der Waals surface area (Å²) in [6.07, 6.45) is -0.947. The molecule has 1 saturated heterocycles. The van der Waals surface area contributed by atoms with Gasteiger partial charge in [-0.15, -0.1) is 13.2 Å². The quantitative estimate of drug-likeness (QED) is 0.219. The van der Waals surface area contributed by atoms with Crippen molar-refractivity contribution in [1.29, 1.82) is 0 Å². The molecule has 15 heteroatoms. The van der Waals surface area contributed by atoms with Crippen molar-refractivity contribution in [3.63, 3.8) is 0 Å². The second-order valence-corrected chi connectivity index (χ2v) is 10.5. The minimum Gasteiger partial charge on any atom is -0.486 e. The molecule has 44 heavy (non-hydrogen) atoms. The monoisotopic (exact) mass is 612 g/mol. The van der Waals surface area contributed by atoms with Crippen LogP contribution < -0.4 is 14.8 Å². The van der Waals surface area contributed by atoms with Gasteiger partial charge in [0.25, 0.3) is 0 Å². The number of piperidine rings is 1. The Hall–Kier alpha value is -5.08. The van der Waals surface area contributed by atoms with Crippen molar-refractivity contribution in [2.45, 2.75) is 51.4 Å². The number of amides is 2. The molecule has 3 heterocycles. The van der Waals surface area contributed by atoms with E-state index in [0.29, 0.717) is 35.3 Å². The van der Waals surface area contributed by atoms with Gasteiger partial charge in [-0.05, 0) is 55.2 Å². The van der Waals surface area contributed by atoms with Crippen molar-refractivity contribution >= 4 is 34.2 Å². The molecule has 2 aromatic heterocycles. The topological polar surface area (TPSA) is 129 Å². The summed E-state index contributed by atoms with van der Waals surface area (Å²) in [5.41, 5.74) is 0.111. The molecular weight excluding hydrogens is 588 g/mol. The Kier molecular flexibility index (Phi) is 7.39. The number of alkyl halides is 3.